The van der Waals surface area contributed by atoms with E-state index in [-0.39, 0.29) is 5.91 Å². The molecule has 4 nitrogen and oxygen atoms in total. The van der Waals surface area contributed by atoms with Crippen molar-refractivity contribution < 1.29 is 4.79 Å². The van der Waals surface area contributed by atoms with Gasteiger partial charge in [0, 0.05) is 6.04 Å². The highest BCUT2D eigenvalue weighted by molar-refractivity contribution is 6.01. The molecule has 0 bridgehead atoms. The van der Waals surface area contributed by atoms with Gasteiger partial charge in [0.25, 0.3) is 0 Å². The number of amides is 1. The summed E-state index contributed by atoms with van der Waals surface area (Å²) < 4.78 is 0. The van der Waals surface area contributed by atoms with Crippen molar-refractivity contribution in [3.63, 3.8) is 0 Å². The van der Waals surface area contributed by atoms with Crippen molar-refractivity contribution in [1.82, 2.24) is 0 Å². The van der Waals surface area contributed by atoms with E-state index < -0.39 is 0 Å². The molecule has 1 N–H and O–H groups in total. The molecular weight excluding hydrogens is 238 g/mol. The highest BCUT2D eigenvalue weighted by atomic mass is 16.2. The molecule has 0 aromatic heterocycles. The number of anilines is 2. The van der Waals surface area contributed by atoms with Crippen molar-refractivity contribution in [2.45, 2.75) is 38.1 Å². The van der Waals surface area contributed by atoms with Gasteiger partial charge >= 0.3 is 0 Å². The molecule has 4 heteroatoms. The van der Waals surface area contributed by atoms with Crippen LogP contribution in [0.1, 0.15) is 37.7 Å². The lowest BCUT2D eigenvalue weighted by Crippen LogP contribution is -2.45. The van der Waals surface area contributed by atoms with E-state index in [0.29, 0.717) is 18.2 Å². The zero-order valence-corrected chi connectivity index (χ0v) is 10.9. The molecule has 1 aromatic rings. The van der Waals surface area contributed by atoms with Crippen LogP contribution in [0, 0.1) is 11.3 Å². The summed E-state index contributed by atoms with van der Waals surface area (Å²) in [6, 6.07) is 8.09. The lowest BCUT2D eigenvalue weighted by molar-refractivity contribution is -0.115. The summed E-state index contributed by atoms with van der Waals surface area (Å²) in [4.78, 5) is 14.0. The summed E-state index contributed by atoms with van der Waals surface area (Å²) in [6.45, 7) is 0.409. The molecule has 1 aromatic carbocycles. The summed E-state index contributed by atoms with van der Waals surface area (Å²) in [5.41, 5.74) is 2.49. The number of rotatable bonds is 1. The number of carbonyl (C=O) groups is 1. The van der Waals surface area contributed by atoms with Crippen LogP contribution in [-0.2, 0) is 4.79 Å². The average Bonchev–Trinajstić information content (AvgIpc) is 2.47. The van der Waals surface area contributed by atoms with Crippen molar-refractivity contribution in [1.29, 1.82) is 5.26 Å². The summed E-state index contributed by atoms with van der Waals surface area (Å²) >= 11 is 0. The van der Waals surface area contributed by atoms with Crippen molar-refractivity contribution >= 4 is 17.3 Å². The van der Waals surface area contributed by atoms with Gasteiger partial charge in [0.1, 0.15) is 0 Å². The van der Waals surface area contributed by atoms with E-state index in [0.717, 1.165) is 24.2 Å². The van der Waals surface area contributed by atoms with E-state index in [4.69, 9.17) is 5.26 Å². The molecule has 1 aliphatic heterocycles. The topological polar surface area (TPSA) is 56.1 Å². The Morgan fingerprint density at radius 3 is 2.79 bits per heavy atom. The molecule has 0 atom stereocenters. The molecule has 0 unspecified atom stereocenters. The van der Waals surface area contributed by atoms with E-state index in [1.54, 1.807) is 6.07 Å². The Labute approximate surface area is 113 Å². The van der Waals surface area contributed by atoms with E-state index in [1.165, 1.54) is 19.3 Å². The third kappa shape index (κ3) is 2.28. The monoisotopic (exact) mass is 255 g/mol. The molecule has 0 radical (unpaired) electrons. The van der Waals surface area contributed by atoms with Crippen LogP contribution in [0.2, 0.25) is 0 Å². The first-order valence-electron chi connectivity index (χ1n) is 6.88. The molecule has 1 amide bonds. The molecule has 2 aliphatic rings. The van der Waals surface area contributed by atoms with Crippen molar-refractivity contribution in [2.75, 3.05) is 16.8 Å². The maximum atomic E-state index is 11.8. The molecule has 1 aliphatic carbocycles. The van der Waals surface area contributed by atoms with Crippen LogP contribution in [0.25, 0.3) is 0 Å². The van der Waals surface area contributed by atoms with Gasteiger partial charge in [0.15, 0.2) is 0 Å². The molecule has 3 rings (SSSR count). The summed E-state index contributed by atoms with van der Waals surface area (Å²) in [5, 5.41) is 11.9. The van der Waals surface area contributed by atoms with Gasteiger partial charge in [0.05, 0.1) is 29.6 Å². The Bertz CT molecular complexity index is 541. The van der Waals surface area contributed by atoms with Gasteiger partial charge in [-0.1, -0.05) is 19.3 Å². The van der Waals surface area contributed by atoms with Crippen LogP contribution in [0.15, 0.2) is 18.2 Å². The second kappa shape index (κ2) is 4.93. The van der Waals surface area contributed by atoms with Gasteiger partial charge in [-0.05, 0) is 31.0 Å². The zero-order valence-electron chi connectivity index (χ0n) is 10.9. The minimum absolute atomic E-state index is 0.0442. The number of nitrogens with zero attached hydrogens (tertiary/aromatic N) is 2. The number of fused-ring (bicyclic) bond motifs is 1. The number of benzene rings is 1. The molecule has 19 heavy (non-hydrogen) atoms. The first kappa shape index (κ1) is 12.0. The van der Waals surface area contributed by atoms with Crippen LogP contribution in [0.4, 0.5) is 11.4 Å². The first-order chi connectivity index (χ1) is 9.28. The van der Waals surface area contributed by atoms with Crippen LogP contribution in [-0.4, -0.2) is 18.5 Å². The molecule has 1 heterocycles. The molecule has 1 saturated carbocycles. The summed E-state index contributed by atoms with van der Waals surface area (Å²) in [6.07, 6.45) is 6.04. The van der Waals surface area contributed by atoms with Gasteiger partial charge in [0.2, 0.25) is 5.91 Å². The maximum Gasteiger partial charge on any atom is 0.243 e. The van der Waals surface area contributed by atoms with Gasteiger partial charge < -0.3 is 10.2 Å². The number of carbonyl (C=O) groups excluding carboxylic acids is 1. The van der Waals surface area contributed by atoms with Crippen molar-refractivity contribution in [3.05, 3.63) is 23.8 Å². The Hall–Kier alpha value is -2.02. The van der Waals surface area contributed by atoms with Gasteiger partial charge in [-0.25, -0.2) is 0 Å². The minimum atomic E-state index is 0.0442. The highest BCUT2D eigenvalue weighted by Gasteiger charge is 2.29. The Morgan fingerprint density at radius 1 is 1.26 bits per heavy atom. The van der Waals surface area contributed by atoms with Crippen LogP contribution < -0.4 is 10.2 Å². The van der Waals surface area contributed by atoms with E-state index in [1.807, 2.05) is 12.1 Å². The quantitative estimate of drug-likeness (QED) is 0.839. The lowest BCUT2D eigenvalue weighted by atomic mass is 9.93. The largest absolute Gasteiger partial charge is 0.358 e. The fourth-order valence-electron chi connectivity index (χ4n) is 3.09. The molecule has 98 valence electrons. The van der Waals surface area contributed by atoms with Crippen molar-refractivity contribution in [2.24, 2.45) is 0 Å². The highest BCUT2D eigenvalue weighted by Crippen LogP contribution is 2.35. The first-order valence-corrected chi connectivity index (χ1v) is 6.88. The lowest BCUT2D eigenvalue weighted by Gasteiger charge is -2.39. The maximum absolute atomic E-state index is 11.8. The van der Waals surface area contributed by atoms with Crippen molar-refractivity contribution in [3.8, 4) is 6.07 Å². The average molecular weight is 255 g/mol. The normalized spacial score (nSPS) is 19.5. The fourth-order valence-corrected chi connectivity index (χ4v) is 3.09. The predicted octanol–water partition coefficient (Wildman–Crippen LogP) is 2.65. The third-order valence-electron chi connectivity index (χ3n) is 4.04. The van der Waals surface area contributed by atoms with Crippen LogP contribution in [0.3, 0.4) is 0 Å². The number of hydrogen-bond acceptors (Lipinski definition) is 3. The fraction of sp³-hybridized carbons (Fsp3) is 0.467. The zero-order chi connectivity index (χ0) is 13.2. The Morgan fingerprint density at radius 2 is 2.05 bits per heavy atom. The third-order valence-corrected chi connectivity index (χ3v) is 4.04. The van der Waals surface area contributed by atoms with E-state index in [9.17, 15) is 4.79 Å². The SMILES string of the molecule is N#Cc1ccc2c(c1)N(C1CCCCC1)CC(=O)N2. The number of nitrogens with one attached hydrogen (secondary N) is 1. The molecule has 0 saturated heterocycles. The standard InChI is InChI=1S/C15H17N3O/c16-9-11-6-7-13-14(8-11)18(10-15(19)17-13)12-4-2-1-3-5-12/h6-8,12H,1-5,10H2,(H,17,19). The summed E-state index contributed by atoms with van der Waals surface area (Å²) in [5.74, 6) is 0.0442. The molecule has 0 spiro atoms. The second-order valence-electron chi connectivity index (χ2n) is 5.31. The smallest absolute Gasteiger partial charge is 0.243 e. The minimum Gasteiger partial charge on any atom is -0.358 e. The Kier molecular flexibility index (Phi) is 3.12. The van der Waals surface area contributed by atoms with E-state index >= 15 is 0 Å². The van der Waals surface area contributed by atoms with Gasteiger partial charge in [-0.3, -0.25) is 4.79 Å². The molecule has 1 fully saturated rings. The summed E-state index contributed by atoms with van der Waals surface area (Å²) in [7, 11) is 0. The number of hydrogen-bond donors (Lipinski definition) is 1. The second-order valence-corrected chi connectivity index (χ2v) is 5.31. The molecular formula is C15H17N3O. The Balaban J connectivity index is 1.97. The van der Waals surface area contributed by atoms with Crippen LogP contribution >= 0.6 is 0 Å². The number of nitriles is 1. The van der Waals surface area contributed by atoms with Crippen LogP contribution in [0.5, 0.6) is 0 Å². The predicted molar refractivity (Wildman–Crippen MR) is 74.0 cm³/mol. The van der Waals surface area contributed by atoms with Gasteiger partial charge in [-0.2, -0.15) is 5.26 Å². The van der Waals surface area contributed by atoms with Gasteiger partial charge in [-0.15, -0.1) is 0 Å². The van der Waals surface area contributed by atoms with E-state index in [2.05, 4.69) is 16.3 Å².